The number of aromatic nitrogens is 16. The molecule has 0 aliphatic carbocycles. The first kappa shape index (κ1) is 35.3. The van der Waals surface area contributed by atoms with Crippen molar-refractivity contribution in [3.05, 3.63) is 34.9 Å². The zero-order valence-corrected chi connectivity index (χ0v) is 30.5. The Kier molecular flexibility index (Phi) is 9.27. The topological polar surface area (TPSA) is 257 Å². The number of tetrazole rings is 2. The molecular weight excluding hydrogens is 735 g/mol. The van der Waals surface area contributed by atoms with Gasteiger partial charge in [-0.15, -0.1) is 20.4 Å². The molecule has 8 rings (SSSR count). The van der Waals surface area contributed by atoms with Gasteiger partial charge in [-0.2, -0.15) is 29.5 Å². The lowest BCUT2D eigenvalue weighted by Crippen LogP contribution is -2.31. The van der Waals surface area contributed by atoms with Crippen molar-refractivity contribution in [3.8, 4) is 0 Å². The van der Waals surface area contributed by atoms with Gasteiger partial charge >= 0.3 is 0 Å². The van der Waals surface area contributed by atoms with Gasteiger partial charge < -0.3 is 30.3 Å². The smallest absolute Gasteiger partial charge is 0.226 e. The zero-order valence-electron chi connectivity index (χ0n) is 29.0. The van der Waals surface area contributed by atoms with E-state index in [0.29, 0.717) is 72.4 Å². The molecule has 0 saturated carbocycles. The van der Waals surface area contributed by atoms with E-state index >= 15 is 0 Å². The number of hydrogen-bond donors (Lipinski definition) is 4. The van der Waals surface area contributed by atoms with E-state index in [9.17, 15) is 10.2 Å². The summed E-state index contributed by atoms with van der Waals surface area (Å²) >= 11 is 12.8. The number of fused-ring (bicyclic) bond motifs is 2. The summed E-state index contributed by atoms with van der Waals surface area (Å²) < 4.78 is 15.6. The van der Waals surface area contributed by atoms with Crippen molar-refractivity contribution in [1.29, 1.82) is 0 Å². The average Bonchev–Trinajstić information content (AvgIpc) is 3.99. The van der Waals surface area contributed by atoms with E-state index < -0.39 is 30.0 Å². The Labute approximate surface area is 310 Å². The number of aliphatic hydroxyl groups excluding tert-OH is 2. The molecule has 0 aromatic carbocycles. The van der Waals surface area contributed by atoms with Gasteiger partial charge in [0.2, 0.25) is 22.2 Å². The molecule has 6 aromatic rings. The van der Waals surface area contributed by atoms with Gasteiger partial charge in [0.25, 0.3) is 0 Å². The van der Waals surface area contributed by atoms with Gasteiger partial charge in [0.15, 0.2) is 46.3 Å². The third-order valence-electron chi connectivity index (χ3n) is 9.12. The molecule has 6 aromatic heterocycles. The van der Waals surface area contributed by atoms with Crippen LogP contribution in [0.1, 0.15) is 76.8 Å². The second-order valence-electron chi connectivity index (χ2n) is 13.5. The van der Waals surface area contributed by atoms with Crippen molar-refractivity contribution in [2.45, 2.75) is 90.5 Å². The highest BCUT2D eigenvalue weighted by atomic mass is 35.5. The number of nitrogens with zero attached hydrogens (tertiary/aromatic N) is 16. The molecule has 0 amide bonds. The Morgan fingerprint density at radius 2 is 1.34 bits per heavy atom. The van der Waals surface area contributed by atoms with Crippen molar-refractivity contribution in [3.63, 3.8) is 0 Å². The number of anilines is 2. The number of nitrogens with one attached hydrogen (secondary N) is 2. The summed E-state index contributed by atoms with van der Waals surface area (Å²) in [6.45, 7) is 9.87. The van der Waals surface area contributed by atoms with Gasteiger partial charge in [0.05, 0.1) is 25.7 Å². The Bertz CT molecular complexity index is 2250. The van der Waals surface area contributed by atoms with Crippen LogP contribution in [0.4, 0.5) is 11.6 Å². The van der Waals surface area contributed by atoms with Crippen molar-refractivity contribution in [2.75, 3.05) is 23.7 Å². The van der Waals surface area contributed by atoms with E-state index in [1.54, 1.807) is 6.33 Å². The van der Waals surface area contributed by atoms with Crippen LogP contribution in [0.15, 0.2) is 12.7 Å². The van der Waals surface area contributed by atoms with Gasteiger partial charge in [-0.05, 0) is 65.7 Å². The summed E-state index contributed by atoms with van der Waals surface area (Å²) in [5.41, 5.74) is 1.37. The van der Waals surface area contributed by atoms with Crippen LogP contribution in [0.2, 0.25) is 10.6 Å². The number of hydrogen-bond acceptors (Lipinski definition) is 18. The number of ether oxygens (including phenoxy) is 2. The summed E-state index contributed by atoms with van der Waals surface area (Å²) in [5, 5.41) is 53.2. The Morgan fingerprint density at radius 1 is 0.774 bits per heavy atom. The molecule has 2 saturated heterocycles. The third kappa shape index (κ3) is 6.69. The molecule has 0 unspecified atom stereocenters. The van der Waals surface area contributed by atoms with E-state index in [1.165, 1.54) is 20.5 Å². The predicted octanol–water partition coefficient (Wildman–Crippen LogP) is 1.88. The minimum atomic E-state index is -1.34. The lowest BCUT2D eigenvalue weighted by atomic mass is 9.93. The van der Waals surface area contributed by atoms with Crippen LogP contribution in [0, 0.1) is 5.41 Å². The molecule has 0 spiro atoms. The highest BCUT2D eigenvalue weighted by molar-refractivity contribution is 6.29. The van der Waals surface area contributed by atoms with Crippen molar-refractivity contribution >= 4 is 57.2 Å². The fourth-order valence-corrected chi connectivity index (χ4v) is 6.60. The van der Waals surface area contributed by atoms with Gasteiger partial charge in [-0.3, -0.25) is 9.13 Å². The molecule has 0 bridgehead atoms. The first-order chi connectivity index (χ1) is 25.5. The number of halogens is 2. The highest BCUT2D eigenvalue weighted by Crippen LogP contribution is 2.40. The molecule has 0 radical (unpaired) electrons. The van der Waals surface area contributed by atoms with Crippen LogP contribution < -0.4 is 10.6 Å². The lowest BCUT2D eigenvalue weighted by Gasteiger charge is -2.26. The number of rotatable bonds is 12. The molecule has 24 heteroatoms. The molecular formula is C29H36Cl2N18O4. The molecule has 8 heterocycles. The van der Waals surface area contributed by atoms with Gasteiger partial charge in [0, 0.05) is 13.1 Å². The maximum atomic E-state index is 10.9. The van der Waals surface area contributed by atoms with Gasteiger partial charge in [0.1, 0.15) is 24.5 Å². The summed E-state index contributed by atoms with van der Waals surface area (Å²) in [7, 11) is 0. The van der Waals surface area contributed by atoms with E-state index in [-0.39, 0.29) is 28.7 Å². The summed E-state index contributed by atoms with van der Waals surface area (Å²) in [6, 6.07) is 0. The number of imidazole rings is 2. The Morgan fingerprint density at radius 3 is 1.94 bits per heavy atom. The standard InChI is InChI=1S/C29H36Cl2N18O4/c1-5-48-42-20(40-44-48)13-7-8-14(52-13)46-11-34-15-21(36-27(30)38-24(15)46)32-9-29(3,4)10-33-22-16-25(39-28(31)37-22)47(12-35-16)26-18(51)17(50)19(53-26)23-41-45-49(6-2)43-23/h11-14,17-19,26,50-51H,5-10H2,1-4H3,(H,32,36,38)(H,33,37,39)/t13-,14+,17-,18+,19-,26+/m0/s1. The molecule has 2 aliphatic heterocycles. The first-order valence-corrected chi connectivity index (χ1v) is 17.8. The van der Waals surface area contributed by atoms with Crippen LogP contribution in [0.25, 0.3) is 22.3 Å². The van der Waals surface area contributed by atoms with Crippen LogP contribution in [0.5, 0.6) is 0 Å². The number of aryl methyl sites for hydroxylation is 2. The fraction of sp³-hybridized carbons (Fsp3) is 0.586. The molecule has 2 fully saturated rings. The SMILES string of the molecule is CCn1nnc([C@@H]2CC[C@H](n3cnc4c(NCC(C)(C)CNc5nc(Cl)nc6c5ncn6[C@@H]5O[C@H](c6nnn(CC)n6)[C@@H](O)[C@H]5O)nc(Cl)nc43)O2)n1. The zero-order chi connectivity index (χ0) is 37.0. The molecule has 280 valence electrons. The van der Waals surface area contributed by atoms with Crippen LogP contribution in [0.3, 0.4) is 0 Å². The van der Waals surface area contributed by atoms with Crippen LogP contribution in [-0.4, -0.2) is 115 Å². The third-order valence-corrected chi connectivity index (χ3v) is 9.46. The molecule has 22 nitrogen and oxygen atoms in total. The first-order valence-electron chi connectivity index (χ1n) is 17.0. The average molecular weight is 772 g/mol. The summed E-state index contributed by atoms with van der Waals surface area (Å²) in [6.07, 6.45) is -0.837. The quantitative estimate of drug-likeness (QED) is 0.130. The van der Waals surface area contributed by atoms with E-state index in [1.807, 2.05) is 32.3 Å². The predicted molar refractivity (Wildman–Crippen MR) is 185 cm³/mol. The maximum absolute atomic E-state index is 10.9. The van der Waals surface area contributed by atoms with Crippen LogP contribution in [-0.2, 0) is 22.6 Å². The Balaban J connectivity index is 0.951. The molecule has 4 N–H and O–H groups in total. The summed E-state index contributed by atoms with van der Waals surface area (Å²) in [5.74, 6) is 1.55. The maximum Gasteiger partial charge on any atom is 0.226 e. The van der Waals surface area contributed by atoms with E-state index in [0.717, 1.165) is 6.42 Å². The summed E-state index contributed by atoms with van der Waals surface area (Å²) in [4.78, 5) is 29.6. The molecule has 6 atom stereocenters. The van der Waals surface area contributed by atoms with Gasteiger partial charge in [-0.25, -0.2) is 9.97 Å². The minimum Gasteiger partial charge on any atom is -0.387 e. The van der Waals surface area contributed by atoms with Crippen molar-refractivity contribution in [1.82, 2.24) is 79.5 Å². The second-order valence-corrected chi connectivity index (χ2v) is 14.1. The highest BCUT2D eigenvalue weighted by Gasteiger charge is 2.47. The molecule has 2 aliphatic rings. The largest absolute Gasteiger partial charge is 0.387 e. The van der Waals surface area contributed by atoms with E-state index in [4.69, 9.17) is 32.7 Å². The van der Waals surface area contributed by atoms with Crippen molar-refractivity contribution in [2.24, 2.45) is 5.41 Å². The van der Waals surface area contributed by atoms with E-state index in [2.05, 4.69) is 71.4 Å². The van der Waals surface area contributed by atoms with Crippen LogP contribution >= 0.6 is 23.2 Å². The number of aliphatic hydroxyl groups is 2. The minimum absolute atomic E-state index is 0.0513. The van der Waals surface area contributed by atoms with Gasteiger partial charge in [-0.1, -0.05) is 13.8 Å². The Hall–Kier alpha value is -4.74. The molecule has 53 heavy (non-hydrogen) atoms. The monoisotopic (exact) mass is 770 g/mol. The lowest BCUT2D eigenvalue weighted by molar-refractivity contribution is -0.0384. The fourth-order valence-electron chi connectivity index (χ4n) is 6.27. The normalized spacial score (nSPS) is 23.5. The van der Waals surface area contributed by atoms with Crippen molar-refractivity contribution < 1.29 is 19.7 Å². The second kappa shape index (κ2) is 13.9.